The number of rotatable bonds is 5. The van der Waals surface area contributed by atoms with Gasteiger partial charge < -0.3 is 10.1 Å². The number of ether oxygens (including phenoxy) is 1. The van der Waals surface area contributed by atoms with Crippen molar-refractivity contribution in [2.75, 3.05) is 18.5 Å². The molecule has 0 unspecified atom stereocenters. The average Bonchev–Trinajstić information content (AvgIpc) is 3.22. The summed E-state index contributed by atoms with van der Waals surface area (Å²) in [6.45, 7) is 2.48. The standard InChI is InChI=1S/C16H17FN2O4S2/c1-10-8-11(2-3-13(10)17)18-16(20)14-4-5-15(24-14)25(21,22)19-12-6-7-23-9-12/h2-5,8,12,19H,6-7,9H2,1H3,(H,18,20)/t12-/m0/s1. The monoisotopic (exact) mass is 384 g/mol. The van der Waals surface area contributed by atoms with E-state index in [1.165, 1.54) is 30.3 Å². The molecule has 1 fully saturated rings. The molecule has 0 aliphatic carbocycles. The van der Waals surface area contributed by atoms with E-state index < -0.39 is 15.9 Å². The zero-order chi connectivity index (χ0) is 18.0. The van der Waals surface area contributed by atoms with Crippen molar-refractivity contribution in [3.05, 3.63) is 46.6 Å². The molecular weight excluding hydrogens is 367 g/mol. The molecule has 2 aromatic rings. The molecule has 0 saturated carbocycles. The van der Waals surface area contributed by atoms with Crippen molar-refractivity contribution in [1.82, 2.24) is 4.72 Å². The molecule has 2 N–H and O–H groups in total. The summed E-state index contributed by atoms with van der Waals surface area (Å²) < 4.78 is 45.7. The number of carbonyl (C=O) groups excluding carboxylic acids is 1. The Balaban J connectivity index is 1.71. The van der Waals surface area contributed by atoms with E-state index in [1.807, 2.05) is 0 Å². The summed E-state index contributed by atoms with van der Waals surface area (Å²) >= 11 is 0.881. The Bertz CT molecular complexity index is 889. The third-order valence-electron chi connectivity index (χ3n) is 3.74. The van der Waals surface area contributed by atoms with Crippen molar-refractivity contribution in [3.8, 4) is 0 Å². The fourth-order valence-corrected chi connectivity index (χ4v) is 4.88. The number of benzene rings is 1. The molecule has 1 aliphatic rings. The first-order valence-electron chi connectivity index (χ1n) is 7.62. The first-order chi connectivity index (χ1) is 11.8. The summed E-state index contributed by atoms with van der Waals surface area (Å²) in [5.74, 6) is -0.800. The number of hydrogen-bond donors (Lipinski definition) is 2. The van der Waals surface area contributed by atoms with Gasteiger partial charge in [0.2, 0.25) is 10.0 Å². The maximum absolute atomic E-state index is 13.3. The average molecular weight is 384 g/mol. The van der Waals surface area contributed by atoms with E-state index in [9.17, 15) is 17.6 Å². The van der Waals surface area contributed by atoms with Crippen LogP contribution in [0.25, 0.3) is 0 Å². The van der Waals surface area contributed by atoms with Gasteiger partial charge in [0, 0.05) is 18.3 Å². The van der Waals surface area contributed by atoms with Crippen LogP contribution in [0, 0.1) is 12.7 Å². The zero-order valence-corrected chi connectivity index (χ0v) is 15.0. The molecule has 2 heterocycles. The van der Waals surface area contributed by atoms with Crippen molar-refractivity contribution in [2.45, 2.75) is 23.6 Å². The molecule has 25 heavy (non-hydrogen) atoms. The van der Waals surface area contributed by atoms with Gasteiger partial charge in [0.05, 0.1) is 11.5 Å². The molecule has 0 radical (unpaired) electrons. The molecule has 6 nitrogen and oxygen atoms in total. The molecule has 0 spiro atoms. The zero-order valence-electron chi connectivity index (χ0n) is 13.4. The molecule has 0 bridgehead atoms. The Morgan fingerprint density at radius 3 is 2.80 bits per heavy atom. The van der Waals surface area contributed by atoms with Gasteiger partial charge in [-0.1, -0.05) is 0 Å². The van der Waals surface area contributed by atoms with Crippen LogP contribution in [0.1, 0.15) is 21.7 Å². The maximum atomic E-state index is 13.3. The molecule has 1 saturated heterocycles. The van der Waals surface area contributed by atoms with Crippen molar-refractivity contribution < 1.29 is 22.3 Å². The molecule has 3 rings (SSSR count). The molecule has 1 aromatic heterocycles. The highest BCUT2D eigenvalue weighted by Gasteiger charge is 2.25. The van der Waals surface area contributed by atoms with Crippen LogP contribution in [0.3, 0.4) is 0 Å². The summed E-state index contributed by atoms with van der Waals surface area (Å²) in [4.78, 5) is 12.5. The Hall–Kier alpha value is -1.81. The van der Waals surface area contributed by atoms with E-state index >= 15 is 0 Å². The van der Waals surface area contributed by atoms with Crippen LogP contribution >= 0.6 is 11.3 Å². The second-order valence-corrected chi connectivity index (χ2v) is 8.74. The van der Waals surface area contributed by atoms with Crippen LogP contribution in [0.4, 0.5) is 10.1 Å². The molecule has 1 aliphatic heterocycles. The van der Waals surface area contributed by atoms with Gasteiger partial charge in [-0.25, -0.2) is 17.5 Å². The minimum atomic E-state index is -3.68. The van der Waals surface area contributed by atoms with Crippen LogP contribution in [0.15, 0.2) is 34.5 Å². The number of sulfonamides is 1. The van der Waals surface area contributed by atoms with Crippen LogP contribution < -0.4 is 10.0 Å². The Morgan fingerprint density at radius 1 is 1.32 bits per heavy atom. The fourth-order valence-electron chi connectivity index (χ4n) is 2.41. The number of hydrogen-bond acceptors (Lipinski definition) is 5. The maximum Gasteiger partial charge on any atom is 0.265 e. The minimum Gasteiger partial charge on any atom is -0.380 e. The van der Waals surface area contributed by atoms with Crippen molar-refractivity contribution in [2.24, 2.45) is 0 Å². The summed E-state index contributed by atoms with van der Waals surface area (Å²) in [5.41, 5.74) is 0.859. The highest BCUT2D eigenvalue weighted by molar-refractivity contribution is 7.91. The predicted molar refractivity (Wildman–Crippen MR) is 93.0 cm³/mol. The lowest BCUT2D eigenvalue weighted by molar-refractivity contribution is 0.103. The molecular formula is C16H17FN2O4S2. The third kappa shape index (κ3) is 4.24. The summed E-state index contributed by atoms with van der Waals surface area (Å²) in [6, 6.07) is 6.84. The fraction of sp³-hybridized carbons (Fsp3) is 0.312. The summed E-state index contributed by atoms with van der Waals surface area (Å²) in [7, 11) is -3.68. The lowest BCUT2D eigenvalue weighted by atomic mass is 10.2. The molecule has 134 valence electrons. The lowest BCUT2D eigenvalue weighted by Crippen LogP contribution is -2.34. The van der Waals surface area contributed by atoms with E-state index in [4.69, 9.17) is 4.74 Å². The van der Waals surface area contributed by atoms with Gasteiger partial charge >= 0.3 is 0 Å². The van der Waals surface area contributed by atoms with Crippen molar-refractivity contribution >= 4 is 33.0 Å². The number of aryl methyl sites for hydroxylation is 1. The summed E-state index contributed by atoms with van der Waals surface area (Å²) in [6.07, 6.45) is 0.627. The van der Waals surface area contributed by atoms with E-state index in [0.717, 1.165) is 11.3 Å². The number of carbonyl (C=O) groups is 1. The lowest BCUT2D eigenvalue weighted by Gasteiger charge is -2.09. The van der Waals surface area contributed by atoms with Gasteiger partial charge in [-0.15, -0.1) is 11.3 Å². The van der Waals surface area contributed by atoms with Gasteiger partial charge in [-0.2, -0.15) is 0 Å². The van der Waals surface area contributed by atoms with Gasteiger partial charge in [-0.3, -0.25) is 4.79 Å². The molecule has 1 amide bonds. The number of anilines is 1. The quantitative estimate of drug-likeness (QED) is 0.830. The van der Waals surface area contributed by atoms with Crippen molar-refractivity contribution in [1.29, 1.82) is 0 Å². The SMILES string of the molecule is Cc1cc(NC(=O)c2ccc(S(=O)(=O)N[C@H]3CCOC3)s2)ccc1F. The smallest absolute Gasteiger partial charge is 0.265 e. The van der Waals surface area contributed by atoms with E-state index in [-0.39, 0.29) is 20.9 Å². The normalized spacial score (nSPS) is 17.6. The minimum absolute atomic E-state index is 0.0693. The van der Waals surface area contributed by atoms with Gasteiger partial charge in [-0.05, 0) is 49.2 Å². The Labute approximate surface area is 149 Å². The summed E-state index contributed by atoms with van der Waals surface area (Å²) in [5, 5.41) is 2.63. The largest absolute Gasteiger partial charge is 0.380 e. The van der Waals surface area contributed by atoms with Crippen LogP contribution in [-0.4, -0.2) is 33.6 Å². The first-order valence-corrected chi connectivity index (χ1v) is 9.92. The van der Waals surface area contributed by atoms with Gasteiger partial charge in [0.15, 0.2) is 0 Å². The molecule has 9 heteroatoms. The number of thiophene rings is 1. The van der Waals surface area contributed by atoms with Crippen LogP contribution in [0.5, 0.6) is 0 Å². The highest BCUT2D eigenvalue weighted by atomic mass is 32.2. The van der Waals surface area contributed by atoms with Crippen LogP contribution in [0.2, 0.25) is 0 Å². The Morgan fingerprint density at radius 2 is 2.12 bits per heavy atom. The van der Waals surface area contributed by atoms with Crippen molar-refractivity contribution in [3.63, 3.8) is 0 Å². The second-order valence-electron chi connectivity index (χ2n) is 5.72. The van der Waals surface area contributed by atoms with E-state index in [2.05, 4.69) is 10.0 Å². The van der Waals surface area contributed by atoms with E-state index in [1.54, 1.807) is 6.92 Å². The third-order valence-corrected chi connectivity index (χ3v) is 6.83. The van der Waals surface area contributed by atoms with Gasteiger partial charge in [0.1, 0.15) is 10.0 Å². The van der Waals surface area contributed by atoms with E-state index in [0.29, 0.717) is 30.9 Å². The number of amides is 1. The Kier molecular flexibility index (Phi) is 5.19. The van der Waals surface area contributed by atoms with Crippen LogP contribution in [-0.2, 0) is 14.8 Å². The number of nitrogens with one attached hydrogen (secondary N) is 2. The van der Waals surface area contributed by atoms with Gasteiger partial charge in [0.25, 0.3) is 5.91 Å². The predicted octanol–water partition coefficient (Wildman–Crippen LogP) is 2.52. The molecule has 1 atom stereocenters. The highest BCUT2D eigenvalue weighted by Crippen LogP contribution is 2.24. The molecule has 1 aromatic carbocycles. The first kappa shape index (κ1) is 18.0. The number of halogens is 1. The second kappa shape index (κ2) is 7.20. The topological polar surface area (TPSA) is 84.5 Å².